The van der Waals surface area contributed by atoms with Crippen LogP contribution in [-0.2, 0) is 16.1 Å². The molecule has 0 fully saturated rings. The summed E-state index contributed by atoms with van der Waals surface area (Å²) in [5, 5.41) is 4.07. The molecule has 29 heavy (non-hydrogen) atoms. The molecule has 0 saturated carbocycles. The van der Waals surface area contributed by atoms with Crippen LogP contribution in [0.2, 0.25) is 15.1 Å². The fourth-order valence-corrected chi connectivity index (χ4v) is 3.67. The van der Waals surface area contributed by atoms with E-state index in [1.807, 2.05) is 6.92 Å². The van der Waals surface area contributed by atoms with Crippen LogP contribution in [0.5, 0.6) is 5.75 Å². The summed E-state index contributed by atoms with van der Waals surface area (Å²) in [6.07, 6.45) is 0. The van der Waals surface area contributed by atoms with Gasteiger partial charge in [-0.25, -0.2) is 0 Å². The lowest BCUT2D eigenvalue weighted by Crippen LogP contribution is -2.49. The number of amides is 2. The second-order valence-corrected chi connectivity index (χ2v) is 8.31. The van der Waals surface area contributed by atoms with E-state index in [0.717, 1.165) is 5.56 Å². The maximum atomic E-state index is 12.9. The van der Waals surface area contributed by atoms with Gasteiger partial charge in [0.25, 0.3) is 5.91 Å². The molecule has 1 atom stereocenters. The van der Waals surface area contributed by atoms with Gasteiger partial charge in [-0.2, -0.15) is 0 Å². The number of nitrogens with zero attached hydrogens (tertiary/aromatic N) is 1. The quantitative estimate of drug-likeness (QED) is 0.509. The summed E-state index contributed by atoms with van der Waals surface area (Å²) in [6, 6.07) is 9.38. The van der Waals surface area contributed by atoms with Crippen LogP contribution < -0.4 is 10.1 Å². The smallest absolute Gasteiger partial charge is 0.261 e. The lowest BCUT2D eigenvalue weighted by Gasteiger charge is -2.28. The first-order valence-electron chi connectivity index (χ1n) is 8.81. The summed E-state index contributed by atoms with van der Waals surface area (Å²) < 4.78 is 6.26. The van der Waals surface area contributed by atoms with Crippen molar-refractivity contribution >= 4 is 62.5 Å². The van der Waals surface area contributed by atoms with Crippen LogP contribution in [0, 0.1) is 0 Å². The van der Waals surface area contributed by atoms with Gasteiger partial charge in [-0.05, 0) is 65.7 Å². The molecule has 2 aromatic carbocycles. The Hall–Kier alpha value is -1.47. The van der Waals surface area contributed by atoms with Crippen molar-refractivity contribution < 1.29 is 14.3 Å². The van der Waals surface area contributed by atoms with E-state index < -0.39 is 6.04 Å². The third-order valence-corrected chi connectivity index (χ3v) is 5.69. The topological polar surface area (TPSA) is 58.6 Å². The molecular weight excluding hydrogens is 502 g/mol. The molecule has 2 amide bonds. The van der Waals surface area contributed by atoms with Crippen LogP contribution in [0.4, 0.5) is 0 Å². The van der Waals surface area contributed by atoms with E-state index in [2.05, 4.69) is 21.2 Å². The van der Waals surface area contributed by atoms with Crippen LogP contribution in [0.3, 0.4) is 0 Å². The minimum absolute atomic E-state index is 0.180. The number of ether oxygens (including phenoxy) is 1. The SMILES string of the molecule is CCNC(=O)[C@H](C)N(Cc1ccc(Cl)c(Cl)c1)C(=O)COc1ccc(Cl)cc1Br. The molecule has 0 unspecified atom stereocenters. The molecule has 2 aromatic rings. The maximum Gasteiger partial charge on any atom is 0.261 e. The predicted molar refractivity (Wildman–Crippen MR) is 120 cm³/mol. The van der Waals surface area contributed by atoms with Crippen LogP contribution >= 0.6 is 50.7 Å². The fourth-order valence-electron chi connectivity index (χ4n) is 2.55. The van der Waals surface area contributed by atoms with Gasteiger partial charge in [0.1, 0.15) is 11.8 Å². The summed E-state index contributed by atoms with van der Waals surface area (Å²) in [5.41, 5.74) is 0.747. The number of halogens is 4. The molecule has 0 heterocycles. The van der Waals surface area contributed by atoms with E-state index in [0.29, 0.717) is 31.8 Å². The van der Waals surface area contributed by atoms with Crippen molar-refractivity contribution in [2.24, 2.45) is 0 Å². The first kappa shape index (κ1) is 23.8. The number of rotatable bonds is 8. The molecule has 0 aliphatic heterocycles. The Labute approximate surface area is 193 Å². The number of carbonyl (C=O) groups excluding carboxylic acids is 2. The molecule has 9 heteroatoms. The molecule has 0 radical (unpaired) electrons. The normalized spacial score (nSPS) is 11.7. The Morgan fingerprint density at radius 1 is 1.14 bits per heavy atom. The second kappa shape index (κ2) is 11.1. The van der Waals surface area contributed by atoms with Crippen molar-refractivity contribution in [1.29, 1.82) is 0 Å². The van der Waals surface area contributed by atoms with Gasteiger partial charge in [0.15, 0.2) is 6.61 Å². The molecule has 0 saturated heterocycles. The molecular formula is C20H20BrCl3N2O3. The Morgan fingerprint density at radius 2 is 1.86 bits per heavy atom. The summed E-state index contributed by atoms with van der Waals surface area (Å²) in [6.45, 7) is 3.88. The van der Waals surface area contributed by atoms with Gasteiger partial charge in [0, 0.05) is 18.1 Å². The largest absolute Gasteiger partial charge is 0.483 e. The zero-order chi connectivity index (χ0) is 21.6. The molecule has 0 aliphatic rings. The van der Waals surface area contributed by atoms with Gasteiger partial charge in [-0.15, -0.1) is 0 Å². The Bertz CT molecular complexity index is 895. The number of benzene rings is 2. The number of hydrogen-bond acceptors (Lipinski definition) is 3. The van der Waals surface area contributed by atoms with Crippen molar-refractivity contribution in [3.8, 4) is 5.75 Å². The molecule has 1 N–H and O–H groups in total. The van der Waals surface area contributed by atoms with Crippen molar-refractivity contribution in [3.05, 3.63) is 61.5 Å². The zero-order valence-electron chi connectivity index (χ0n) is 15.8. The monoisotopic (exact) mass is 520 g/mol. The fraction of sp³-hybridized carbons (Fsp3) is 0.300. The molecule has 156 valence electrons. The van der Waals surface area contributed by atoms with Crippen LogP contribution in [0.1, 0.15) is 19.4 Å². The molecule has 5 nitrogen and oxygen atoms in total. The van der Waals surface area contributed by atoms with Gasteiger partial charge >= 0.3 is 0 Å². The van der Waals surface area contributed by atoms with Crippen molar-refractivity contribution in [3.63, 3.8) is 0 Å². The first-order chi connectivity index (χ1) is 13.7. The first-order valence-corrected chi connectivity index (χ1v) is 10.7. The summed E-state index contributed by atoms with van der Waals surface area (Å²) >= 11 is 21.3. The van der Waals surface area contributed by atoms with Crippen LogP contribution in [-0.4, -0.2) is 35.9 Å². The van der Waals surface area contributed by atoms with E-state index in [1.54, 1.807) is 43.3 Å². The number of nitrogens with one attached hydrogen (secondary N) is 1. The van der Waals surface area contributed by atoms with Crippen molar-refractivity contribution in [1.82, 2.24) is 10.2 Å². The number of carbonyl (C=O) groups is 2. The third kappa shape index (κ3) is 6.78. The van der Waals surface area contributed by atoms with Gasteiger partial charge in [-0.1, -0.05) is 40.9 Å². The van der Waals surface area contributed by atoms with Crippen molar-refractivity contribution in [2.45, 2.75) is 26.4 Å². The van der Waals surface area contributed by atoms with Gasteiger partial charge < -0.3 is 15.0 Å². The lowest BCUT2D eigenvalue weighted by molar-refractivity contribution is -0.142. The summed E-state index contributed by atoms with van der Waals surface area (Å²) in [5.74, 6) is -0.131. The highest BCUT2D eigenvalue weighted by molar-refractivity contribution is 9.10. The highest BCUT2D eigenvalue weighted by Crippen LogP contribution is 2.28. The van der Waals surface area contributed by atoms with E-state index in [9.17, 15) is 9.59 Å². The summed E-state index contributed by atoms with van der Waals surface area (Å²) in [4.78, 5) is 26.7. The standard InChI is InChI=1S/C20H20BrCl3N2O3/c1-3-25-20(28)12(2)26(10-13-4-6-16(23)17(24)8-13)19(27)11-29-18-7-5-14(22)9-15(18)21/h4-9,12H,3,10-11H2,1-2H3,(H,25,28)/t12-/m0/s1. The lowest BCUT2D eigenvalue weighted by atomic mass is 10.1. The number of hydrogen-bond donors (Lipinski definition) is 1. The van der Waals surface area contributed by atoms with Crippen LogP contribution in [0.15, 0.2) is 40.9 Å². The van der Waals surface area contributed by atoms with Gasteiger partial charge in [-0.3, -0.25) is 9.59 Å². The Morgan fingerprint density at radius 3 is 2.48 bits per heavy atom. The third-order valence-electron chi connectivity index (χ3n) is 4.10. The highest BCUT2D eigenvalue weighted by atomic mass is 79.9. The molecule has 2 rings (SSSR count). The molecule has 0 bridgehead atoms. The minimum Gasteiger partial charge on any atom is -0.483 e. The van der Waals surface area contributed by atoms with Gasteiger partial charge in [0.05, 0.1) is 14.5 Å². The van der Waals surface area contributed by atoms with Crippen molar-refractivity contribution in [2.75, 3.05) is 13.2 Å². The average molecular weight is 523 g/mol. The maximum absolute atomic E-state index is 12.9. The number of likely N-dealkylation sites (N-methyl/N-ethyl adjacent to an activating group) is 1. The van der Waals surface area contributed by atoms with E-state index >= 15 is 0 Å². The Kier molecular flexibility index (Phi) is 9.08. The Balaban J connectivity index is 2.19. The van der Waals surface area contributed by atoms with Gasteiger partial charge in [0.2, 0.25) is 5.91 Å². The van der Waals surface area contributed by atoms with E-state index in [1.165, 1.54) is 4.90 Å². The van der Waals surface area contributed by atoms with Crippen LogP contribution in [0.25, 0.3) is 0 Å². The van der Waals surface area contributed by atoms with E-state index in [4.69, 9.17) is 39.5 Å². The molecule has 0 aliphatic carbocycles. The molecule has 0 spiro atoms. The minimum atomic E-state index is -0.700. The zero-order valence-corrected chi connectivity index (χ0v) is 19.7. The molecule has 0 aromatic heterocycles. The highest BCUT2D eigenvalue weighted by Gasteiger charge is 2.26. The second-order valence-electron chi connectivity index (χ2n) is 6.20. The predicted octanol–water partition coefficient (Wildman–Crippen LogP) is 5.34. The van der Waals surface area contributed by atoms with E-state index in [-0.39, 0.29) is 25.0 Å². The summed E-state index contributed by atoms with van der Waals surface area (Å²) in [7, 11) is 0. The average Bonchev–Trinajstić information content (AvgIpc) is 2.67.